The van der Waals surface area contributed by atoms with Crippen LogP contribution >= 0.6 is 11.6 Å². The van der Waals surface area contributed by atoms with Crippen molar-refractivity contribution in [2.45, 2.75) is 38.6 Å². The highest BCUT2D eigenvalue weighted by molar-refractivity contribution is 6.32. The first-order chi connectivity index (χ1) is 10.5. The summed E-state index contributed by atoms with van der Waals surface area (Å²) in [6.45, 7) is 2.78. The third-order valence-corrected chi connectivity index (χ3v) is 4.08. The standard InChI is InChI=1S/C16H20ClNO4/c1-2-22-15-11(6-5-7-12(15)17)10-14(19)18-9-4-3-8-13(18)16(20)21/h5-7,13H,2-4,8-10H2,1H3,(H,20,21). The SMILES string of the molecule is CCOc1c(Cl)cccc1CC(=O)N1CCCCC1C(=O)O. The molecule has 1 N–H and O–H groups in total. The van der Waals surface area contributed by atoms with Gasteiger partial charge in [-0.25, -0.2) is 4.79 Å². The Hall–Kier alpha value is -1.75. The van der Waals surface area contributed by atoms with E-state index in [0.717, 1.165) is 12.8 Å². The minimum Gasteiger partial charge on any atom is -0.492 e. The Labute approximate surface area is 134 Å². The molecule has 1 aromatic rings. The van der Waals surface area contributed by atoms with E-state index in [1.165, 1.54) is 4.90 Å². The van der Waals surface area contributed by atoms with Gasteiger partial charge in [0.05, 0.1) is 18.1 Å². The minimum atomic E-state index is -0.941. The number of aliphatic carboxylic acids is 1. The Morgan fingerprint density at radius 1 is 1.41 bits per heavy atom. The molecule has 1 saturated heterocycles. The molecule has 0 saturated carbocycles. The molecule has 0 radical (unpaired) electrons. The van der Waals surface area contributed by atoms with Crippen molar-refractivity contribution in [3.05, 3.63) is 28.8 Å². The second-order valence-electron chi connectivity index (χ2n) is 5.27. The maximum atomic E-state index is 12.5. The molecule has 120 valence electrons. The fraction of sp³-hybridized carbons (Fsp3) is 0.500. The first kappa shape index (κ1) is 16.6. The normalized spacial score (nSPS) is 18.1. The number of carbonyl (C=O) groups excluding carboxylic acids is 1. The van der Waals surface area contributed by atoms with Gasteiger partial charge in [0.1, 0.15) is 11.8 Å². The zero-order valence-electron chi connectivity index (χ0n) is 12.5. The van der Waals surface area contributed by atoms with Crippen LogP contribution in [0, 0.1) is 0 Å². The average Bonchev–Trinajstić information content (AvgIpc) is 2.50. The summed E-state index contributed by atoms with van der Waals surface area (Å²) in [5.74, 6) is -0.636. The van der Waals surface area contributed by atoms with Gasteiger partial charge in [-0.2, -0.15) is 0 Å². The third-order valence-electron chi connectivity index (χ3n) is 3.79. The maximum Gasteiger partial charge on any atom is 0.326 e. The number of amides is 1. The summed E-state index contributed by atoms with van der Waals surface area (Å²) >= 11 is 6.11. The number of hydrogen-bond acceptors (Lipinski definition) is 3. The highest BCUT2D eigenvalue weighted by Gasteiger charge is 2.32. The van der Waals surface area contributed by atoms with E-state index >= 15 is 0 Å². The van der Waals surface area contributed by atoms with Crippen molar-refractivity contribution >= 4 is 23.5 Å². The molecule has 5 nitrogen and oxygen atoms in total. The van der Waals surface area contributed by atoms with E-state index in [-0.39, 0.29) is 12.3 Å². The van der Waals surface area contributed by atoms with Gasteiger partial charge in [0.2, 0.25) is 5.91 Å². The summed E-state index contributed by atoms with van der Waals surface area (Å²) in [5, 5.41) is 9.73. The van der Waals surface area contributed by atoms with Crippen LogP contribution in [0.3, 0.4) is 0 Å². The molecule has 1 amide bonds. The summed E-state index contributed by atoms with van der Waals surface area (Å²) in [4.78, 5) is 25.3. The first-order valence-electron chi connectivity index (χ1n) is 7.47. The summed E-state index contributed by atoms with van der Waals surface area (Å²) in [6, 6.07) is 4.53. The average molecular weight is 326 g/mol. The Balaban J connectivity index is 2.17. The number of piperidine rings is 1. The van der Waals surface area contributed by atoms with Crippen molar-refractivity contribution in [1.29, 1.82) is 0 Å². The van der Waals surface area contributed by atoms with Crippen LogP contribution in [0.15, 0.2) is 18.2 Å². The largest absolute Gasteiger partial charge is 0.492 e. The summed E-state index contributed by atoms with van der Waals surface area (Å²) in [5.41, 5.74) is 0.689. The predicted molar refractivity (Wildman–Crippen MR) is 83.3 cm³/mol. The van der Waals surface area contributed by atoms with Gasteiger partial charge in [0, 0.05) is 12.1 Å². The number of likely N-dealkylation sites (tertiary alicyclic amines) is 1. The lowest BCUT2D eigenvalue weighted by molar-refractivity contribution is -0.151. The summed E-state index contributed by atoms with van der Waals surface area (Å²) in [6.07, 6.45) is 2.28. The molecule has 1 fully saturated rings. The number of carbonyl (C=O) groups is 2. The van der Waals surface area contributed by atoms with E-state index in [0.29, 0.717) is 35.9 Å². The van der Waals surface area contributed by atoms with E-state index < -0.39 is 12.0 Å². The Morgan fingerprint density at radius 3 is 2.86 bits per heavy atom. The molecule has 1 aromatic carbocycles. The predicted octanol–water partition coefficient (Wildman–Crippen LogP) is 2.75. The maximum absolute atomic E-state index is 12.5. The van der Waals surface area contributed by atoms with Crippen LogP contribution in [0.5, 0.6) is 5.75 Å². The molecule has 1 aliphatic heterocycles. The van der Waals surface area contributed by atoms with E-state index in [2.05, 4.69) is 0 Å². The molecule has 1 aliphatic rings. The highest BCUT2D eigenvalue weighted by atomic mass is 35.5. The molecule has 1 atom stereocenters. The monoisotopic (exact) mass is 325 g/mol. The number of para-hydroxylation sites is 1. The van der Waals surface area contributed by atoms with Crippen molar-refractivity contribution in [2.75, 3.05) is 13.2 Å². The van der Waals surface area contributed by atoms with Gasteiger partial charge in [-0.05, 0) is 32.3 Å². The summed E-state index contributed by atoms with van der Waals surface area (Å²) in [7, 11) is 0. The number of carboxylic acids is 1. The third kappa shape index (κ3) is 3.71. The molecule has 0 bridgehead atoms. The molecule has 6 heteroatoms. The Kier molecular flexibility index (Phi) is 5.66. The number of benzene rings is 1. The van der Waals surface area contributed by atoms with Crippen LogP contribution < -0.4 is 4.74 Å². The van der Waals surface area contributed by atoms with Gasteiger partial charge in [0.25, 0.3) is 0 Å². The van der Waals surface area contributed by atoms with E-state index in [1.807, 2.05) is 6.92 Å². The smallest absolute Gasteiger partial charge is 0.326 e. The van der Waals surface area contributed by atoms with Gasteiger partial charge >= 0.3 is 5.97 Å². The van der Waals surface area contributed by atoms with Crippen molar-refractivity contribution < 1.29 is 19.4 Å². The zero-order valence-corrected chi connectivity index (χ0v) is 13.3. The number of ether oxygens (including phenoxy) is 1. The molecule has 0 aromatic heterocycles. The van der Waals surface area contributed by atoms with Crippen LogP contribution in [0.4, 0.5) is 0 Å². The van der Waals surface area contributed by atoms with Gasteiger partial charge < -0.3 is 14.7 Å². The van der Waals surface area contributed by atoms with Crippen LogP contribution in [-0.4, -0.2) is 41.1 Å². The van der Waals surface area contributed by atoms with Crippen molar-refractivity contribution in [2.24, 2.45) is 0 Å². The second-order valence-corrected chi connectivity index (χ2v) is 5.68. The quantitative estimate of drug-likeness (QED) is 0.904. The number of carboxylic acid groups (broad SMARTS) is 1. The topological polar surface area (TPSA) is 66.8 Å². The van der Waals surface area contributed by atoms with E-state index in [4.69, 9.17) is 16.3 Å². The van der Waals surface area contributed by atoms with E-state index in [1.54, 1.807) is 18.2 Å². The lowest BCUT2D eigenvalue weighted by atomic mass is 10.0. The molecular weight excluding hydrogens is 306 g/mol. The second kappa shape index (κ2) is 7.49. The first-order valence-corrected chi connectivity index (χ1v) is 7.84. The van der Waals surface area contributed by atoms with Crippen LogP contribution in [0.1, 0.15) is 31.7 Å². The Bertz CT molecular complexity index is 561. The number of hydrogen-bond donors (Lipinski definition) is 1. The number of rotatable bonds is 5. The van der Waals surface area contributed by atoms with Crippen molar-refractivity contribution in [3.63, 3.8) is 0 Å². The molecule has 1 unspecified atom stereocenters. The van der Waals surface area contributed by atoms with Crippen LogP contribution in [0.2, 0.25) is 5.02 Å². The van der Waals surface area contributed by atoms with E-state index in [9.17, 15) is 14.7 Å². The molecule has 1 heterocycles. The number of nitrogens with zero attached hydrogens (tertiary/aromatic N) is 1. The molecule has 0 aliphatic carbocycles. The molecular formula is C16H20ClNO4. The molecule has 2 rings (SSSR count). The van der Waals surface area contributed by atoms with Crippen LogP contribution in [0.25, 0.3) is 0 Å². The molecule has 22 heavy (non-hydrogen) atoms. The lowest BCUT2D eigenvalue weighted by Gasteiger charge is -2.33. The number of halogens is 1. The van der Waals surface area contributed by atoms with Crippen molar-refractivity contribution in [1.82, 2.24) is 4.90 Å². The van der Waals surface area contributed by atoms with Gasteiger partial charge in [-0.3, -0.25) is 4.79 Å². The molecule has 0 spiro atoms. The lowest BCUT2D eigenvalue weighted by Crippen LogP contribution is -2.48. The van der Waals surface area contributed by atoms with Gasteiger partial charge in [-0.15, -0.1) is 0 Å². The van der Waals surface area contributed by atoms with Gasteiger partial charge in [-0.1, -0.05) is 23.7 Å². The fourth-order valence-electron chi connectivity index (χ4n) is 2.75. The van der Waals surface area contributed by atoms with Crippen molar-refractivity contribution in [3.8, 4) is 5.75 Å². The Morgan fingerprint density at radius 2 is 2.18 bits per heavy atom. The zero-order chi connectivity index (χ0) is 16.1. The van der Waals surface area contributed by atoms with Crippen LogP contribution in [-0.2, 0) is 16.0 Å². The van der Waals surface area contributed by atoms with Gasteiger partial charge in [0.15, 0.2) is 0 Å². The summed E-state index contributed by atoms with van der Waals surface area (Å²) < 4.78 is 5.51. The highest BCUT2D eigenvalue weighted by Crippen LogP contribution is 2.30. The fourth-order valence-corrected chi connectivity index (χ4v) is 3.00. The minimum absolute atomic E-state index is 0.0969.